The van der Waals surface area contributed by atoms with Crippen LogP contribution in [0.25, 0.3) is 5.69 Å². The van der Waals surface area contributed by atoms with E-state index < -0.39 is 0 Å². The molecule has 0 aliphatic heterocycles. The zero-order valence-electron chi connectivity index (χ0n) is 9.37. The van der Waals surface area contributed by atoms with Crippen LogP contribution >= 0.6 is 0 Å². The number of aromatic nitrogens is 2. The predicted molar refractivity (Wildman–Crippen MR) is 61.0 cm³/mol. The molecule has 0 radical (unpaired) electrons. The number of benzene rings is 1. The summed E-state index contributed by atoms with van der Waals surface area (Å²) in [6.07, 6.45) is 1.84. The molecular formula is C12H14FN3. The molecule has 4 heteroatoms. The van der Waals surface area contributed by atoms with Gasteiger partial charge in [0.1, 0.15) is 5.82 Å². The average Bonchev–Trinajstić information content (AvgIpc) is 2.68. The van der Waals surface area contributed by atoms with E-state index in [1.807, 2.05) is 25.3 Å². The topological polar surface area (TPSA) is 29.9 Å². The molecule has 0 atom stereocenters. The quantitative estimate of drug-likeness (QED) is 0.856. The molecule has 2 rings (SSSR count). The lowest BCUT2D eigenvalue weighted by molar-refractivity contribution is 0.596. The monoisotopic (exact) mass is 219 g/mol. The maximum atomic E-state index is 13.6. The Kier molecular flexibility index (Phi) is 3.01. The number of hydrogen-bond donors (Lipinski definition) is 1. The van der Waals surface area contributed by atoms with Gasteiger partial charge in [-0.1, -0.05) is 6.07 Å². The van der Waals surface area contributed by atoms with Crippen molar-refractivity contribution in [2.75, 3.05) is 7.05 Å². The van der Waals surface area contributed by atoms with Gasteiger partial charge in [-0.25, -0.2) is 9.07 Å². The van der Waals surface area contributed by atoms with E-state index in [-0.39, 0.29) is 5.82 Å². The summed E-state index contributed by atoms with van der Waals surface area (Å²) in [6.45, 7) is 2.40. The fraction of sp³-hybridized carbons (Fsp3) is 0.250. The van der Waals surface area contributed by atoms with Crippen LogP contribution in [-0.4, -0.2) is 16.8 Å². The van der Waals surface area contributed by atoms with Crippen LogP contribution in [0, 0.1) is 12.7 Å². The zero-order chi connectivity index (χ0) is 11.5. The molecule has 0 bridgehead atoms. The SMILES string of the molecule is CNCc1c(F)cccc1-n1ccc(C)n1. The van der Waals surface area contributed by atoms with Gasteiger partial charge >= 0.3 is 0 Å². The van der Waals surface area contributed by atoms with Gasteiger partial charge in [-0.3, -0.25) is 0 Å². The highest BCUT2D eigenvalue weighted by molar-refractivity contribution is 5.41. The number of halogens is 1. The minimum Gasteiger partial charge on any atom is -0.316 e. The zero-order valence-corrected chi connectivity index (χ0v) is 9.37. The second kappa shape index (κ2) is 4.45. The molecule has 0 fully saturated rings. The molecule has 0 spiro atoms. The fourth-order valence-corrected chi connectivity index (χ4v) is 1.66. The van der Waals surface area contributed by atoms with E-state index in [9.17, 15) is 4.39 Å². The molecule has 1 aromatic carbocycles. The number of nitrogens with zero attached hydrogens (tertiary/aromatic N) is 2. The molecule has 1 aromatic heterocycles. The first-order valence-electron chi connectivity index (χ1n) is 5.17. The minimum atomic E-state index is -0.208. The first kappa shape index (κ1) is 10.8. The first-order valence-corrected chi connectivity index (χ1v) is 5.17. The summed E-state index contributed by atoms with van der Waals surface area (Å²) in [4.78, 5) is 0. The third-order valence-electron chi connectivity index (χ3n) is 2.42. The van der Waals surface area contributed by atoms with Crippen LogP contribution in [0.1, 0.15) is 11.3 Å². The molecule has 0 aliphatic rings. The molecule has 3 nitrogen and oxygen atoms in total. The molecule has 1 N–H and O–H groups in total. The Morgan fingerprint density at radius 2 is 2.19 bits per heavy atom. The Morgan fingerprint density at radius 1 is 1.38 bits per heavy atom. The first-order chi connectivity index (χ1) is 7.72. The summed E-state index contributed by atoms with van der Waals surface area (Å²) in [5, 5.41) is 7.25. The van der Waals surface area contributed by atoms with Crippen LogP contribution in [0.15, 0.2) is 30.5 Å². The third kappa shape index (κ3) is 1.97. The Morgan fingerprint density at radius 3 is 2.81 bits per heavy atom. The van der Waals surface area contributed by atoms with Crippen molar-refractivity contribution in [3.63, 3.8) is 0 Å². The highest BCUT2D eigenvalue weighted by Crippen LogP contribution is 2.17. The molecular weight excluding hydrogens is 205 g/mol. The summed E-state index contributed by atoms with van der Waals surface area (Å²) in [5.41, 5.74) is 2.33. The Hall–Kier alpha value is -1.68. The Labute approximate surface area is 93.9 Å². The molecule has 2 aromatic rings. The maximum Gasteiger partial charge on any atom is 0.129 e. The van der Waals surface area contributed by atoms with Gasteiger partial charge in [-0.15, -0.1) is 0 Å². The van der Waals surface area contributed by atoms with Gasteiger partial charge in [0.25, 0.3) is 0 Å². The summed E-state index contributed by atoms with van der Waals surface area (Å²) >= 11 is 0. The van der Waals surface area contributed by atoms with Crippen LogP contribution in [-0.2, 0) is 6.54 Å². The van der Waals surface area contributed by atoms with Gasteiger partial charge in [0, 0.05) is 18.3 Å². The van der Waals surface area contributed by atoms with Crippen LogP contribution in [0.4, 0.5) is 4.39 Å². The van der Waals surface area contributed by atoms with Crippen molar-refractivity contribution in [2.24, 2.45) is 0 Å². The largest absolute Gasteiger partial charge is 0.316 e. The molecule has 16 heavy (non-hydrogen) atoms. The summed E-state index contributed by atoms with van der Waals surface area (Å²) in [7, 11) is 1.80. The van der Waals surface area contributed by atoms with E-state index in [1.54, 1.807) is 17.8 Å². The van der Waals surface area contributed by atoms with Crippen LogP contribution in [0.5, 0.6) is 0 Å². The van der Waals surface area contributed by atoms with Crippen molar-refractivity contribution in [1.29, 1.82) is 0 Å². The van der Waals surface area contributed by atoms with Crippen molar-refractivity contribution in [1.82, 2.24) is 15.1 Å². The summed E-state index contributed by atoms with van der Waals surface area (Å²) < 4.78 is 15.3. The molecule has 0 aliphatic carbocycles. The van der Waals surface area contributed by atoms with Crippen molar-refractivity contribution in [3.8, 4) is 5.69 Å². The van der Waals surface area contributed by atoms with E-state index in [0.717, 1.165) is 11.4 Å². The van der Waals surface area contributed by atoms with Gasteiger partial charge in [-0.05, 0) is 32.2 Å². The third-order valence-corrected chi connectivity index (χ3v) is 2.42. The number of aryl methyl sites for hydroxylation is 1. The highest BCUT2D eigenvalue weighted by atomic mass is 19.1. The van der Waals surface area contributed by atoms with Gasteiger partial charge in [-0.2, -0.15) is 5.10 Å². The molecule has 1 heterocycles. The Balaban J connectivity index is 2.51. The van der Waals surface area contributed by atoms with E-state index in [4.69, 9.17) is 0 Å². The number of hydrogen-bond acceptors (Lipinski definition) is 2. The number of rotatable bonds is 3. The lowest BCUT2D eigenvalue weighted by Gasteiger charge is -2.10. The number of nitrogens with one attached hydrogen (secondary N) is 1. The van der Waals surface area contributed by atoms with Gasteiger partial charge in [0.2, 0.25) is 0 Å². The molecule has 0 amide bonds. The van der Waals surface area contributed by atoms with Gasteiger partial charge in [0.15, 0.2) is 0 Å². The van der Waals surface area contributed by atoms with Crippen LogP contribution < -0.4 is 5.32 Å². The average molecular weight is 219 g/mol. The molecule has 0 unspecified atom stereocenters. The van der Waals surface area contributed by atoms with E-state index in [1.165, 1.54) is 6.07 Å². The standard InChI is InChI=1S/C12H14FN3/c1-9-6-7-16(15-9)12-5-3-4-11(13)10(12)8-14-2/h3-7,14H,8H2,1-2H3. The van der Waals surface area contributed by atoms with Gasteiger partial charge in [0.05, 0.1) is 11.4 Å². The lowest BCUT2D eigenvalue weighted by Crippen LogP contribution is -2.11. The van der Waals surface area contributed by atoms with E-state index in [2.05, 4.69) is 10.4 Å². The smallest absolute Gasteiger partial charge is 0.129 e. The van der Waals surface area contributed by atoms with Crippen molar-refractivity contribution < 1.29 is 4.39 Å². The maximum absolute atomic E-state index is 13.6. The molecule has 0 saturated carbocycles. The van der Waals surface area contributed by atoms with Crippen LogP contribution in [0.2, 0.25) is 0 Å². The second-order valence-corrected chi connectivity index (χ2v) is 3.67. The summed E-state index contributed by atoms with van der Waals surface area (Å²) in [6, 6.07) is 6.92. The van der Waals surface area contributed by atoms with Crippen molar-refractivity contribution >= 4 is 0 Å². The minimum absolute atomic E-state index is 0.208. The summed E-state index contributed by atoms with van der Waals surface area (Å²) in [5.74, 6) is -0.208. The molecule has 84 valence electrons. The van der Waals surface area contributed by atoms with Crippen LogP contribution in [0.3, 0.4) is 0 Å². The van der Waals surface area contributed by atoms with E-state index in [0.29, 0.717) is 12.1 Å². The van der Waals surface area contributed by atoms with Gasteiger partial charge < -0.3 is 5.32 Å². The van der Waals surface area contributed by atoms with Crippen molar-refractivity contribution in [2.45, 2.75) is 13.5 Å². The normalized spacial score (nSPS) is 10.7. The van der Waals surface area contributed by atoms with E-state index >= 15 is 0 Å². The fourth-order valence-electron chi connectivity index (χ4n) is 1.66. The van der Waals surface area contributed by atoms with Crippen molar-refractivity contribution in [3.05, 3.63) is 47.5 Å². The highest BCUT2D eigenvalue weighted by Gasteiger charge is 2.09. The molecule has 0 saturated heterocycles. The second-order valence-electron chi connectivity index (χ2n) is 3.67. The lowest BCUT2D eigenvalue weighted by atomic mass is 10.1. The Bertz CT molecular complexity index is 491. The predicted octanol–water partition coefficient (Wildman–Crippen LogP) is 2.04.